The number of amides is 2. The van der Waals surface area contributed by atoms with Crippen LogP contribution in [-0.2, 0) is 16.9 Å². The fourth-order valence-corrected chi connectivity index (χ4v) is 10.1. The number of carbonyl (C=O) groups excluding carboxylic acids is 2. The molecular formula is C48H38ClF2N5O8S. The Morgan fingerprint density at radius 1 is 0.908 bits per heavy atom. The molecule has 1 saturated carbocycles. The van der Waals surface area contributed by atoms with Crippen LogP contribution in [0.3, 0.4) is 0 Å². The summed E-state index contributed by atoms with van der Waals surface area (Å²) >= 11 is 7.38. The van der Waals surface area contributed by atoms with E-state index in [9.17, 15) is 29.7 Å². The molecule has 4 heterocycles. The zero-order chi connectivity index (χ0) is 45.1. The summed E-state index contributed by atoms with van der Waals surface area (Å²) in [6, 6.07) is 21.2. The molecule has 1 fully saturated rings. The van der Waals surface area contributed by atoms with Gasteiger partial charge in [-0.05, 0) is 80.3 Å². The molecule has 2 aromatic heterocycles. The number of nitrogens with one attached hydrogen (secondary N) is 2. The van der Waals surface area contributed by atoms with Gasteiger partial charge in [-0.15, -0.1) is 0 Å². The third kappa shape index (κ3) is 7.35. The van der Waals surface area contributed by atoms with E-state index < -0.39 is 40.8 Å². The number of aromatic nitrogens is 3. The minimum Gasteiger partial charge on any atom is -0.508 e. The molecule has 65 heavy (non-hydrogen) atoms. The van der Waals surface area contributed by atoms with Crippen LogP contribution in [0, 0.1) is 11.6 Å². The molecule has 0 saturated heterocycles. The minimum absolute atomic E-state index is 0.0255. The molecule has 330 valence electrons. The first-order chi connectivity index (χ1) is 31.4. The van der Waals surface area contributed by atoms with Crippen molar-refractivity contribution in [1.82, 2.24) is 19.7 Å². The number of phenolic OH excluding ortho intramolecular Hbond substituents is 2. The number of carboxylic acid groups (broad SMARTS) is 1. The van der Waals surface area contributed by atoms with Gasteiger partial charge in [0.05, 0.1) is 39.2 Å². The van der Waals surface area contributed by atoms with Gasteiger partial charge in [-0.1, -0.05) is 60.5 Å². The van der Waals surface area contributed by atoms with Crippen LogP contribution < -0.4 is 15.4 Å². The standard InChI is InChI=1S/C48H38ClF2N5O8S/c49-34-17-15-29-43(41(34)51)56(42(25-12-13-25)44(29)65-39-11-7-8-28(40(39)50)45(59)60)26-23-53-55(24-26)19-6-2-1-5-18-52-47(62)54-35-21-30-33(22-36(35)58)48(64-46(30)61)31-9-3-4-10-37(31)63-38-20-27(57)14-16-32(38)48/h3-4,7-11,14-17,20-25,57-58H,1-2,5-6,12-13,18-19H2,(H,59,60)(H2,52,54,62). The second kappa shape index (κ2) is 16.5. The number of ether oxygens (including phenoxy) is 2. The number of para-hydroxylation sites is 1. The van der Waals surface area contributed by atoms with Gasteiger partial charge in [0, 0.05) is 68.8 Å². The maximum absolute atomic E-state index is 16.0. The van der Waals surface area contributed by atoms with Crippen molar-refractivity contribution < 1.29 is 48.0 Å². The molecule has 1 unspecified atom stereocenters. The Hall–Kier alpha value is -7.04. The highest BCUT2D eigenvalue weighted by atomic mass is 35.5. The zero-order valence-corrected chi connectivity index (χ0v) is 35.8. The van der Waals surface area contributed by atoms with E-state index in [0.29, 0.717) is 63.7 Å². The summed E-state index contributed by atoms with van der Waals surface area (Å²) in [5, 5.41) is 41.3. The van der Waals surface area contributed by atoms with Crippen molar-refractivity contribution in [2.75, 3.05) is 11.9 Å². The number of carbonyl (C=O) groups is 3. The number of nitrogens with zero attached hydrogens (tertiary/aromatic N) is 3. The van der Waals surface area contributed by atoms with Gasteiger partial charge in [0.1, 0.15) is 23.0 Å². The lowest BCUT2D eigenvalue weighted by molar-refractivity contribution is 0.0223. The number of hydrogen-bond donors (Lipinski definition) is 5. The number of aromatic carboxylic acids is 1. The molecular weight excluding hydrogens is 880 g/mol. The third-order valence-corrected chi connectivity index (χ3v) is 13.4. The van der Waals surface area contributed by atoms with E-state index in [4.69, 9.17) is 21.1 Å². The molecule has 10 rings (SSSR count). The molecule has 3 aliphatic rings. The maximum atomic E-state index is 16.0. The highest BCUT2D eigenvalue weighted by Crippen LogP contribution is 2.58. The summed E-state index contributed by atoms with van der Waals surface area (Å²) in [6.45, 7) is 0.913. The lowest BCUT2D eigenvalue weighted by atomic mass is 9.77. The maximum Gasteiger partial charge on any atom is 0.340 e. The fourth-order valence-electron chi connectivity index (χ4n) is 8.77. The Kier molecular flexibility index (Phi) is 10.6. The van der Waals surface area contributed by atoms with E-state index >= 15 is 8.78 Å². The predicted molar refractivity (Wildman–Crippen MR) is 237 cm³/mol. The minimum atomic E-state index is -1.46. The van der Waals surface area contributed by atoms with Gasteiger partial charge < -0.3 is 40.0 Å². The van der Waals surface area contributed by atoms with Crippen molar-refractivity contribution in [3.63, 3.8) is 0 Å². The molecule has 5 N–H and O–H groups in total. The Balaban J connectivity index is 0.770. The van der Waals surface area contributed by atoms with Gasteiger partial charge in [-0.3, -0.25) is 4.68 Å². The van der Waals surface area contributed by atoms with Crippen molar-refractivity contribution in [1.29, 1.82) is 0 Å². The summed E-state index contributed by atoms with van der Waals surface area (Å²) in [5.74, 6) is -3.02. The molecule has 7 aromatic rings. The van der Waals surface area contributed by atoms with Crippen LogP contribution in [0.25, 0.3) is 16.6 Å². The molecule has 0 radical (unpaired) electrons. The first kappa shape index (κ1) is 41.9. The van der Waals surface area contributed by atoms with Gasteiger partial charge in [-0.25, -0.2) is 23.2 Å². The number of fused-ring (bicyclic) bond motifs is 7. The molecule has 2 amide bonds. The topological polar surface area (TPSA) is 177 Å². The number of anilines is 1. The molecule has 1 aliphatic carbocycles. The highest BCUT2D eigenvalue weighted by Gasteiger charge is 2.54. The SMILES string of the molecule is O=C(NCCCCCCn1cc(-n2c(C3CC3)c(Sc3cccc(C(=O)O)c3F)c3ccc(Cl)c(F)c32)cn1)Nc1cc2c(cc1O)C1(OC2=O)c2ccccc2Oc2cc(O)ccc21. The third-order valence-electron chi connectivity index (χ3n) is 11.9. The van der Waals surface area contributed by atoms with Crippen LogP contribution in [0.1, 0.15) is 87.5 Å². The number of carboxylic acids is 1. The predicted octanol–water partition coefficient (Wildman–Crippen LogP) is 10.8. The number of aromatic hydroxyl groups is 2. The van der Waals surface area contributed by atoms with Crippen molar-refractivity contribution >= 4 is 57.9 Å². The molecule has 5 aromatic carbocycles. The van der Waals surface area contributed by atoms with E-state index in [1.165, 1.54) is 48.5 Å². The monoisotopic (exact) mass is 917 g/mol. The van der Waals surface area contributed by atoms with Gasteiger partial charge in [0.15, 0.2) is 17.2 Å². The van der Waals surface area contributed by atoms with Crippen LogP contribution in [-0.4, -0.2) is 54.2 Å². The van der Waals surface area contributed by atoms with Gasteiger partial charge in [-0.2, -0.15) is 5.10 Å². The Morgan fingerprint density at radius 2 is 1.71 bits per heavy atom. The molecule has 1 spiro atoms. The van der Waals surface area contributed by atoms with Crippen LogP contribution in [0.5, 0.6) is 23.0 Å². The van der Waals surface area contributed by atoms with E-state index in [1.54, 1.807) is 51.8 Å². The quantitative estimate of drug-likeness (QED) is 0.0425. The molecule has 2 aliphatic heterocycles. The van der Waals surface area contributed by atoms with Crippen LogP contribution in [0.2, 0.25) is 5.02 Å². The fraction of sp³-hybridized carbons (Fsp3) is 0.208. The Morgan fingerprint density at radius 3 is 2.52 bits per heavy atom. The molecule has 17 heteroatoms. The summed E-state index contributed by atoms with van der Waals surface area (Å²) in [6.07, 6.45) is 8.22. The van der Waals surface area contributed by atoms with Crippen molar-refractivity contribution in [3.8, 4) is 28.7 Å². The van der Waals surface area contributed by atoms with Crippen molar-refractivity contribution in [2.45, 2.75) is 66.4 Å². The van der Waals surface area contributed by atoms with Crippen molar-refractivity contribution in [3.05, 3.63) is 147 Å². The lowest BCUT2D eigenvalue weighted by Gasteiger charge is -2.36. The largest absolute Gasteiger partial charge is 0.508 e. The van der Waals surface area contributed by atoms with E-state index in [0.717, 1.165) is 49.6 Å². The van der Waals surface area contributed by atoms with Crippen LogP contribution >= 0.6 is 23.4 Å². The number of hydrogen-bond acceptors (Lipinski definition) is 9. The first-order valence-corrected chi connectivity index (χ1v) is 22.1. The number of unbranched alkanes of at least 4 members (excludes halogenated alkanes) is 3. The number of rotatable bonds is 13. The summed E-state index contributed by atoms with van der Waals surface area (Å²) in [4.78, 5) is 38.8. The summed E-state index contributed by atoms with van der Waals surface area (Å²) in [7, 11) is 0. The molecule has 0 bridgehead atoms. The number of phenols is 2. The van der Waals surface area contributed by atoms with E-state index in [2.05, 4.69) is 15.7 Å². The van der Waals surface area contributed by atoms with E-state index in [1.807, 2.05) is 6.20 Å². The average Bonchev–Trinajstić information content (AvgIpc) is 3.83. The van der Waals surface area contributed by atoms with Crippen LogP contribution in [0.15, 0.2) is 107 Å². The summed E-state index contributed by atoms with van der Waals surface area (Å²) < 4.78 is 47.1. The number of esters is 1. The molecule has 13 nitrogen and oxygen atoms in total. The zero-order valence-electron chi connectivity index (χ0n) is 34.2. The van der Waals surface area contributed by atoms with Crippen LogP contribution in [0.4, 0.5) is 19.3 Å². The van der Waals surface area contributed by atoms with E-state index in [-0.39, 0.29) is 44.1 Å². The second-order valence-corrected chi connectivity index (χ2v) is 17.6. The number of urea groups is 1. The normalized spacial score (nSPS) is 15.9. The number of halogens is 3. The van der Waals surface area contributed by atoms with Gasteiger partial charge in [0.2, 0.25) is 0 Å². The Labute approximate surface area is 378 Å². The highest BCUT2D eigenvalue weighted by molar-refractivity contribution is 7.99. The second-order valence-electron chi connectivity index (χ2n) is 16.1. The Bertz CT molecular complexity index is 3120. The van der Waals surface area contributed by atoms with Gasteiger partial charge >= 0.3 is 18.0 Å². The molecule has 1 atom stereocenters. The average molecular weight is 918 g/mol. The first-order valence-electron chi connectivity index (χ1n) is 20.9. The van der Waals surface area contributed by atoms with Crippen molar-refractivity contribution in [2.24, 2.45) is 0 Å². The number of benzene rings is 5. The lowest BCUT2D eigenvalue weighted by Crippen LogP contribution is -2.33. The number of aryl methyl sites for hydroxylation is 1. The smallest absolute Gasteiger partial charge is 0.340 e. The van der Waals surface area contributed by atoms with Gasteiger partial charge in [0.25, 0.3) is 0 Å². The summed E-state index contributed by atoms with van der Waals surface area (Å²) in [5.41, 5.74) is 1.30.